The molecule has 1 saturated carbocycles. The zero-order valence-electron chi connectivity index (χ0n) is 14.2. The van der Waals surface area contributed by atoms with Crippen LogP contribution in [0.25, 0.3) is 0 Å². The Hall–Kier alpha value is -2.24. The molecule has 0 spiro atoms. The average molecular weight is 436 g/mol. The number of carboxylic acids is 1. The van der Waals surface area contributed by atoms with Crippen molar-refractivity contribution in [3.05, 3.63) is 23.0 Å². The molecule has 1 heterocycles. The van der Waals surface area contributed by atoms with Gasteiger partial charge in [-0.1, -0.05) is 24.4 Å². The summed E-state index contributed by atoms with van der Waals surface area (Å²) >= 11 is 5.80. The van der Waals surface area contributed by atoms with Gasteiger partial charge in [-0.2, -0.15) is 8.42 Å². The molecular formula is C16H15ClFNO8S. The van der Waals surface area contributed by atoms with E-state index < -0.39 is 56.7 Å². The van der Waals surface area contributed by atoms with Gasteiger partial charge in [0.05, 0.1) is 16.6 Å². The molecular weight excluding hydrogens is 421 g/mol. The van der Waals surface area contributed by atoms with Crippen LogP contribution in [0, 0.1) is 11.7 Å². The summed E-state index contributed by atoms with van der Waals surface area (Å²) < 4.78 is 50.9. The standard InChI is InChI=1S/C16H15ClFNO8S/c17-9-5-10(18)11(6-12(9)27-7-13(20)21)19-14(22)8-3-1-2-4-16(8,15(19)23)28(24,25)26/h5-6,8H,1-4,7H2,(H,20,21)(H,24,25,26). The van der Waals surface area contributed by atoms with Crippen molar-refractivity contribution >= 4 is 45.2 Å². The molecule has 12 heteroatoms. The number of hydrogen-bond donors (Lipinski definition) is 2. The van der Waals surface area contributed by atoms with Crippen molar-refractivity contribution < 1.29 is 41.6 Å². The van der Waals surface area contributed by atoms with Crippen molar-refractivity contribution in [2.45, 2.75) is 30.4 Å². The topological polar surface area (TPSA) is 138 Å². The summed E-state index contributed by atoms with van der Waals surface area (Å²) in [5, 5.41) is 8.39. The minimum atomic E-state index is -4.97. The largest absolute Gasteiger partial charge is 0.480 e. The number of carbonyl (C=O) groups is 3. The molecule has 3 rings (SSSR count). The van der Waals surface area contributed by atoms with Gasteiger partial charge in [0.2, 0.25) is 5.91 Å². The summed E-state index contributed by atoms with van der Waals surface area (Å²) in [6.45, 7) is -0.815. The monoisotopic (exact) mass is 435 g/mol. The molecule has 2 unspecified atom stereocenters. The molecule has 1 aromatic carbocycles. The van der Waals surface area contributed by atoms with Crippen molar-refractivity contribution in [1.29, 1.82) is 0 Å². The number of carboxylic acid groups (broad SMARTS) is 1. The summed E-state index contributed by atoms with van der Waals surface area (Å²) in [4.78, 5) is 36.8. The lowest BCUT2D eigenvalue weighted by Gasteiger charge is -2.31. The molecule has 2 N–H and O–H groups in total. The van der Waals surface area contributed by atoms with Gasteiger partial charge in [-0.3, -0.25) is 14.1 Å². The van der Waals surface area contributed by atoms with E-state index in [4.69, 9.17) is 21.4 Å². The summed E-state index contributed by atoms with van der Waals surface area (Å²) in [6, 6.07) is 1.57. The Morgan fingerprint density at radius 2 is 2.04 bits per heavy atom. The minimum Gasteiger partial charge on any atom is -0.480 e. The average Bonchev–Trinajstić information content (AvgIpc) is 2.83. The SMILES string of the molecule is O=C(O)COc1cc(N2C(=O)C3CCCCC3(S(=O)(=O)O)C2=O)c(F)cc1Cl. The van der Waals surface area contributed by atoms with Gasteiger partial charge in [0, 0.05) is 6.07 Å². The van der Waals surface area contributed by atoms with Crippen LogP contribution in [0.2, 0.25) is 5.02 Å². The van der Waals surface area contributed by atoms with Crippen molar-refractivity contribution in [2.75, 3.05) is 11.5 Å². The Morgan fingerprint density at radius 3 is 2.61 bits per heavy atom. The van der Waals surface area contributed by atoms with Gasteiger partial charge in [0.25, 0.3) is 16.0 Å². The van der Waals surface area contributed by atoms with Gasteiger partial charge in [-0.05, 0) is 18.9 Å². The van der Waals surface area contributed by atoms with Crippen LogP contribution >= 0.6 is 11.6 Å². The smallest absolute Gasteiger partial charge is 0.341 e. The Morgan fingerprint density at radius 1 is 1.36 bits per heavy atom. The molecule has 0 radical (unpaired) electrons. The highest BCUT2D eigenvalue weighted by atomic mass is 35.5. The molecule has 2 atom stereocenters. The highest BCUT2D eigenvalue weighted by Gasteiger charge is 2.67. The van der Waals surface area contributed by atoms with E-state index in [1.54, 1.807) is 0 Å². The second kappa shape index (κ2) is 6.98. The number of aliphatic carboxylic acids is 1. The second-order valence-corrected chi connectivity index (χ2v) is 8.64. The molecule has 152 valence electrons. The summed E-state index contributed by atoms with van der Waals surface area (Å²) in [5.74, 6) is -6.33. The van der Waals surface area contributed by atoms with E-state index in [-0.39, 0.29) is 23.6 Å². The number of benzene rings is 1. The minimum absolute atomic E-state index is 0.0401. The van der Waals surface area contributed by atoms with Gasteiger partial charge in [0.15, 0.2) is 11.4 Å². The lowest BCUT2D eigenvalue weighted by molar-refractivity contribution is -0.139. The number of amides is 2. The number of nitrogens with zero attached hydrogens (tertiary/aromatic N) is 1. The van der Waals surface area contributed by atoms with Crippen molar-refractivity contribution in [3.63, 3.8) is 0 Å². The molecule has 2 amide bonds. The van der Waals surface area contributed by atoms with Gasteiger partial charge in [-0.15, -0.1) is 0 Å². The molecule has 0 bridgehead atoms. The number of ether oxygens (including phenoxy) is 1. The van der Waals surface area contributed by atoms with Crippen LogP contribution < -0.4 is 9.64 Å². The van der Waals surface area contributed by atoms with Gasteiger partial charge >= 0.3 is 5.97 Å². The number of halogens is 2. The maximum atomic E-state index is 14.5. The molecule has 1 aliphatic heterocycles. The molecule has 1 saturated heterocycles. The molecule has 28 heavy (non-hydrogen) atoms. The Labute approximate surface area is 163 Å². The maximum absolute atomic E-state index is 14.5. The fraction of sp³-hybridized carbons (Fsp3) is 0.438. The molecule has 9 nitrogen and oxygen atoms in total. The molecule has 0 aromatic heterocycles. The first-order chi connectivity index (χ1) is 13.0. The van der Waals surface area contributed by atoms with Crippen molar-refractivity contribution in [1.82, 2.24) is 0 Å². The van der Waals surface area contributed by atoms with E-state index in [1.165, 1.54) is 0 Å². The van der Waals surface area contributed by atoms with Crippen molar-refractivity contribution in [3.8, 4) is 5.75 Å². The fourth-order valence-electron chi connectivity index (χ4n) is 3.75. The zero-order chi connectivity index (χ0) is 20.9. The fourth-order valence-corrected chi connectivity index (χ4v) is 5.25. The third-order valence-electron chi connectivity index (χ3n) is 4.99. The summed E-state index contributed by atoms with van der Waals surface area (Å²) in [6.07, 6.45) is 0.525. The quantitative estimate of drug-likeness (QED) is 0.525. The number of anilines is 1. The Bertz CT molecular complexity index is 981. The van der Waals surface area contributed by atoms with E-state index >= 15 is 0 Å². The molecule has 2 fully saturated rings. The Balaban J connectivity index is 2.11. The summed E-state index contributed by atoms with van der Waals surface area (Å²) in [7, 11) is -4.97. The predicted molar refractivity (Wildman–Crippen MR) is 93.3 cm³/mol. The number of hydrogen-bond acceptors (Lipinski definition) is 6. The number of imide groups is 1. The van der Waals surface area contributed by atoms with E-state index in [2.05, 4.69) is 0 Å². The first-order valence-electron chi connectivity index (χ1n) is 8.20. The summed E-state index contributed by atoms with van der Waals surface area (Å²) in [5.41, 5.74) is -0.628. The molecule has 1 aromatic rings. The maximum Gasteiger partial charge on any atom is 0.341 e. The third-order valence-corrected chi connectivity index (χ3v) is 6.87. The van der Waals surface area contributed by atoms with E-state index in [0.717, 1.165) is 12.1 Å². The number of rotatable bonds is 5. The Kier molecular flexibility index (Phi) is 5.11. The first kappa shape index (κ1) is 20.5. The zero-order valence-corrected chi connectivity index (χ0v) is 15.8. The molecule has 2 aliphatic rings. The van der Waals surface area contributed by atoms with Crippen LogP contribution in [0.1, 0.15) is 25.7 Å². The van der Waals surface area contributed by atoms with E-state index in [1.807, 2.05) is 0 Å². The molecule has 1 aliphatic carbocycles. The van der Waals surface area contributed by atoms with Crippen LogP contribution in [0.15, 0.2) is 12.1 Å². The second-order valence-electron chi connectivity index (χ2n) is 6.56. The predicted octanol–water partition coefficient (Wildman–Crippen LogP) is 1.63. The third kappa shape index (κ3) is 3.03. The van der Waals surface area contributed by atoms with E-state index in [0.29, 0.717) is 17.7 Å². The van der Waals surface area contributed by atoms with Crippen molar-refractivity contribution in [2.24, 2.45) is 5.92 Å². The number of fused-ring (bicyclic) bond motifs is 1. The highest BCUT2D eigenvalue weighted by molar-refractivity contribution is 7.88. The first-order valence-corrected chi connectivity index (χ1v) is 10.0. The van der Waals surface area contributed by atoms with Gasteiger partial charge < -0.3 is 9.84 Å². The van der Waals surface area contributed by atoms with Crippen LogP contribution in [0.5, 0.6) is 5.75 Å². The van der Waals surface area contributed by atoms with Gasteiger partial charge in [-0.25, -0.2) is 14.1 Å². The van der Waals surface area contributed by atoms with E-state index in [9.17, 15) is 31.7 Å². The van der Waals surface area contributed by atoms with Crippen LogP contribution in [-0.2, 0) is 24.5 Å². The van der Waals surface area contributed by atoms with Crippen LogP contribution in [0.4, 0.5) is 10.1 Å². The lowest BCUT2D eigenvalue weighted by atomic mass is 9.80. The normalized spacial score (nSPS) is 25.0. The highest BCUT2D eigenvalue weighted by Crippen LogP contribution is 2.48. The lowest BCUT2D eigenvalue weighted by Crippen LogP contribution is -2.51. The number of carbonyl (C=O) groups excluding carboxylic acids is 2. The van der Waals surface area contributed by atoms with Gasteiger partial charge in [0.1, 0.15) is 11.6 Å². The van der Waals surface area contributed by atoms with Crippen LogP contribution in [-0.4, -0.2) is 47.2 Å². The van der Waals surface area contributed by atoms with Crippen LogP contribution in [0.3, 0.4) is 0 Å².